The van der Waals surface area contributed by atoms with E-state index in [4.69, 9.17) is 5.73 Å². The van der Waals surface area contributed by atoms with Gasteiger partial charge in [-0.05, 0) is 65.1 Å². The van der Waals surface area contributed by atoms with E-state index in [1.807, 2.05) is 18.2 Å². The first kappa shape index (κ1) is 13.7. The Kier molecular flexibility index (Phi) is 3.70. The van der Waals surface area contributed by atoms with Crippen molar-refractivity contribution in [1.82, 2.24) is 9.97 Å². The highest BCUT2D eigenvalue weighted by molar-refractivity contribution is 14.1. The molecule has 3 N–H and O–H groups in total. The number of benzene rings is 2. The Morgan fingerprint density at radius 3 is 2.67 bits per heavy atom. The number of amides is 1. The average Bonchev–Trinajstić information content (AvgIpc) is 2.48. The van der Waals surface area contributed by atoms with Gasteiger partial charge in [-0.1, -0.05) is 0 Å². The molecule has 1 heterocycles. The van der Waals surface area contributed by atoms with E-state index in [1.54, 1.807) is 30.5 Å². The van der Waals surface area contributed by atoms with Crippen LogP contribution in [0.25, 0.3) is 10.9 Å². The number of aromatic nitrogens is 2. The third-order valence-corrected chi connectivity index (χ3v) is 3.68. The zero-order valence-electron chi connectivity index (χ0n) is 10.9. The summed E-state index contributed by atoms with van der Waals surface area (Å²) in [5.74, 6) is 0.0836. The number of carbonyl (C=O) groups is 1. The zero-order chi connectivity index (χ0) is 14.8. The molecule has 0 radical (unpaired) electrons. The van der Waals surface area contributed by atoms with E-state index in [0.717, 1.165) is 14.5 Å². The van der Waals surface area contributed by atoms with Gasteiger partial charge in [0.25, 0.3) is 5.91 Å². The first-order valence-corrected chi connectivity index (χ1v) is 7.29. The summed E-state index contributed by atoms with van der Waals surface area (Å²) in [6, 6.07) is 12.8. The highest BCUT2D eigenvalue weighted by Crippen LogP contribution is 2.18. The monoisotopic (exact) mass is 390 g/mol. The van der Waals surface area contributed by atoms with Crippen LogP contribution in [0, 0.1) is 3.57 Å². The van der Waals surface area contributed by atoms with Gasteiger partial charge in [0.05, 0.1) is 5.52 Å². The molecule has 0 bridgehead atoms. The van der Waals surface area contributed by atoms with Crippen molar-refractivity contribution in [2.24, 2.45) is 0 Å². The second kappa shape index (κ2) is 5.65. The largest absolute Gasteiger partial charge is 0.368 e. The summed E-state index contributed by atoms with van der Waals surface area (Å²) in [6.07, 6.45) is 1.64. The molecule has 0 aliphatic heterocycles. The van der Waals surface area contributed by atoms with Gasteiger partial charge < -0.3 is 11.1 Å². The van der Waals surface area contributed by atoms with Crippen LogP contribution < -0.4 is 11.1 Å². The third kappa shape index (κ3) is 3.10. The number of fused-ring (bicyclic) bond motifs is 1. The number of carbonyl (C=O) groups excluding carboxylic acids is 1. The van der Waals surface area contributed by atoms with Gasteiger partial charge in [-0.2, -0.15) is 0 Å². The average molecular weight is 390 g/mol. The van der Waals surface area contributed by atoms with Gasteiger partial charge in [0.1, 0.15) is 0 Å². The van der Waals surface area contributed by atoms with Crippen molar-refractivity contribution in [3.63, 3.8) is 0 Å². The molecule has 6 heteroatoms. The molecule has 3 rings (SSSR count). The second-order valence-electron chi connectivity index (χ2n) is 4.46. The number of nitrogens with zero attached hydrogens (tertiary/aromatic N) is 2. The molecule has 2 aromatic carbocycles. The summed E-state index contributed by atoms with van der Waals surface area (Å²) in [5.41, 5.74) is 7.59. The number of nitrogens with two attached hydrogens (primary N) is 1. The molecule has 104 valence electrons. The summed E-state index contributed by atoms with van der Waals surface area (Å²) in [4.78, 5) is 20.2. The molecule has 0 saturated heterocycles. The molecule has 1 amide bonds. The van der Waals surface area contributed by atoms with Crippen molar-refractivity contribution in [3.05, 3.63) is 57.8 Å². The highest BCUT2D eigenvalue weighted by atomic mass is 127. The van der Waals surface area contributed by atoms with Crippen molar-refractivity contribution in [2.75, 3.05) is 11.1 Å². The lowest BCUT2D eigenvalue weighted by Crippen LogP contribution is -2.11. The van der Waals surface area contributed by atoms with Crippen LogP contribution in [-0.4, -0.2) is 15.9 Å². The standard InChI is InChI=1S/C15H11IN4O/c16-11-3-1-9(2-4-11)14(21)19-12-5-6-13-10(7-12)8-18-15(17)20-13/h1-8H,(H,19,21)(H2,17,18,20). The molecule has 0 fully saturated rings. The molecule has 0 aliphatic carbocycles. The van der Waals surface area contributed by atoms with Gasteiger partial charge in [-0.25, -0.2) is 9.97 Å². The Bertz CT molecular complexity index is 818. The second-order valence-corrected chi connectivity index (χ2v) is 5.71. The van der Waals surface area contributed by atoms with Gasteiger partial charge in [0.2, 0.25) is 5.95 Å². The van der Waals surface area contributed by atoms with Crippen molar-refractivity contribution in [1.29, 1.82) is 0 Å². The van der Waals surface area contributed by atoms with Crippen LogP contribution in [0.5, 0.6) is 0 Å². The Hall–Kier alpha value is -2.22. The number of halogens is 1. The van der Waals surface area contributed by atoms with Gasteiger partial charge in [-0.15, -0.1) is 0 Å². The number of hydrogen-bond acceptors (Lipinski definition) is 4. The topological polar surface area (TPSA) is 80.9 Å². The van der Waals surface area contributed by atoms with Crippen LogP contribution in [0.3, 0.4) is 0 Å². The predicted octanol–water partition coefficient (Wildman–Crippen LogP) is 3.07. The van der Waals surface area contributed by atoms with E-state index in [1.165, 1.54) is 0 Å². The molecule has 21 heavy (non-hydrogen) atoms. The normalized spacial score (nSPS) is 10.5. The zero-order valence-corrected chi connectivity index (χ0v) is 13.0. The van der Waals surface area contributed by atoms with Crippen LogP contribution in [0.1, 0.15) is 10.4 Å². The minimum atomic E-state index is -0.151. The van der Waals surface area contributed by atoms with E-state index < -0.39 is 0 Å². The maximum Gasteiger partial charge on any atom is 0.255 e. The lowest BCUT2D eigenvalue weighted by molar-refractivity contribution is 0.102. The molecule has 3 aromatic rings. The first-order valence-electron chi connectivity index (χ1n) is 6.21. The number of hydrogen-bond donors (Lipinski definition) is 2. The third-order valence-electron chi connectivity index (χ3n) is 2.96. The number of nitrogen functional groups attached to an aromatic ring is 1. The van der Waals surface area contributed by atoms with Crippen LogP contribution in [0.2, 0.25) is 0 Å². The van der Waals surface area contributed by atoms with Crippen molar-refractivity contribution in [2.45, 2.75) is 0 Å². The quantitative estimate of drug-likeness (QED) is 0.660. The molecule has 0 unspecified atom stereocenters. The minimum Gasteiger partial charge on any atom is -0.368 e. The summed E-state index contributed by atoms with van der Waals surface area (Å²) in [6.45, 7) is 0. The molecule has 0 saturated carbocycles. The Balaban J connectivity index is 1.85. The Morgan fingerprint density at radius 1 is 1.14 bits per heavy atom. The van der Waals surface area contributed by atoms with E-state index in [-0.39, 0.29) is 11.9 Å². The van der Waals surface area contributed by atoms with E-state index >= 15 is 0 Å². The van der Waals surface area contributed by atoms with E-state index in [2.05, 4.69) is 37.9 Å². The SMILES string of the molecule is Nc1ncc2cc(NC(=O)c3ccc(I)cc3)ccc2n1. The fourth-order valence-electron chi connectivity index (χ4n) is 1.93. The highest BCUT2D eigenvalue weighted by Gasteiger charge is 2.06. The van der Waals surface area contributed by atoms with Crippen molar-refractivity contribution < 1.29 is 4.79 Å². The maximum absolute atomic E-state index is 12.2. The summed E-state index contributed by atoms with van der Waals surface area (Å²) < 4.78 is 1.09. The summed E-state index contributed by atoms with van der Waals surface area (Å²) in [7, 11) is 0. The predicted molar refractivity (Wildman–Crippen MR) is 91.1 cm³/mol. The van der Waals surface area contributed by atoms with Crippen molar-refractivity contribution in [3.8, 4) is 0 Å². The van der Waals surface area contributed by atoms with Gasteiger partial charge in [-0.3, -0.25) is 4.79 Å². The Labute approximate surface area is 134 Å². The Morgan fingerprint density at radius 2 is 1.90 bits per heavy atom. The molecule has 0 atom stereocenters. The number of nitrogens with one attached hydrogen (secondary N) is 1. The molecule has 0 spiro atoms. The lowest BCUT2D eigenvalue weighted by Gasteiger charge is -2.06. The van der Waals surface area contributed by atoms with Crippen LogP contribution in [0.15, 0.2) is 48.7 Å². The van der Waals surface area contributed by atoms with Crippen LogP contribution in [-0.2, 0) is 0 Å². The summed E-state index contributed by atoms with van der Waals surface area (Å²) in [5, 5.41) is 3.68. The van der Waals surface area contributed by atoms with E-state index in [0.29, 0.717) is 11.3 Å². The lowest BCUT2D eigenvalue weighted by atomic mass is 10.2. The number of rotatable bonds is 2. The smallest absolute Gasteiger partial charge is 0.255 e. The van der Waals surface area contributed by atoms with Gasteiger partial charge in [0, 0.05) is 26.4 Å². The van der Waals surface area contributed by atoms with Crippen molar-refractivity contribution >= 4 is 51.0 Å². The maximum atomic E-state index is 12.2. The van der Waals surface area contributed by atoms with Crippen LogP contribution >= 0.6 is 22.6 Å². The van der Waals surface area contributed by atoms with E-state index in [9.17, 15) is 4.79 Å². The molecular weight excluding hydrogens is 379 g/mol. The molecule has 1 aromatic heterocycles. The fourth-order valence-corrected chi connectivity index (χ4v) is 2.29. The van der Waals surface area contributed by atoms with Gasteiger partial charge >= 0.3 is 0 Å². The minimum absolute atomic E-state index is 0.151. The first-order chi connectivity index (χ1) is 10.1. The molecular formula is C15H11IN4O. The summed E-state index contributed by atoms with van der Waals surface area (Å²) >= 11 is 2.20. The number of anilines is 2. The molecule has 0 aliphatic rings. The van der Waals surface area contributed by atoms with Gasteiger partial charge in [0.15, 0.2) is 0 Å². The molecule has 5 nitrogen and oxygen atoms in total. The fraction of sp³-hybridized carbons (Fsp3) is 0. The van der Waals surface area contributed by atoms with Crippen LogP contribution in [0.4, 0.5) is 11.6 Å².